The number of rotatable bonds is 2. The van der Waals surface area contributed by atoms with Gasteiger partial charge in [0.1, 0.15) is 0 Å². The molecule has 0 amide bonds. The van der Waals surface area contributed by atoms with Crippen LogP contribution in [0.25, 0.3) is 11.1 Å². The summed E-state index contributed by atoms with van der Waals surface area (Å²) in [6, 6.07) is 12.1. The zero-order valence-electron chi connectivity index (χ0n) is 22.6. The Morgan fingerprint density at radius 2 is 1.32 bits per heavy atom. The summed E-state index contributed by atoms with van der Waals surface area (Å²) in [5.74, 6) is 0. The fraction of sp³-hybridized carbons (Fsp3) is 0.484. The molecule has 0 atom stereocenters. The van der Waals surface area contributed by atoms with E-state index in [1.807, 2.05) is 0 Å². The van der Waals surface area contributed by atoms with Crippen molar-refractivity contribution in [1.82, 2.24) is 0 Å². The van der Waals surface area contributed by atoms with E-state index in [2.05, 4.69) is 106 Å². The Morgan fingerprint density at radius 3 is 1.85 bits per heavy atom. The summed E-state index contributed by atoms with van der Waals surface area (Å²) in [7, 11) is 0. The number of fused-ring (bicyclic) bond motifs is 3. The Labute approximate surface area is 232 Å². The molecule has 2 aromatic rings. The second kappa shape index (κ2) is 10.0. The van der Waals surface area contributed by atoms with E-state index in [1.165, 1.54) is 28.7 Å². The van der Waals surface area contributed by atoms with Crippen molar-refractivity contribution >= 4 is 3.27 Å². The molecule has 0 radical (unpaired) electrons. The first-order chi connectivity index (χ1) is 14.7. The maximum absolute atomic E-state index is 2.50. The first-order valence-corrected chi connectivity index (χ1v) is 14.6. The normalized spacial score (nSPS) is 15.2. The van der Waals surface area contributed by atoms with Crippen LogP contribution in [0.2, 0.25) is 0 Å². The molecule has 0 unspecified atom stereocenters. The minimum absolute atomic E-state index is 0. The van der Waals surface area contributed by atoms with Gasteiger partial charge in [0.2, 0.25) is 0 Å². The summed E-state index contributed by atoms with van der Waals surface area (Å²) < 4.78 is 3.54. The Bertz CT molecular complexity index is 1150. The van der Waals surface area contributed by atoms with E-state index in [4.69, 9.17) is 0 Å². The van der Waals surface area contributed by atoms with Gasteiger partial charge in [-0.15, -0.1) is 0 Å². The van der Waals surface area contributed by atoms with Gasteiger partial charge in [-0.2, -0.15) is 0 Å². The van der Waals surface area contributed by atoms with Crippen molar-refractivity contribution in [2.45, 2.75) is 92.9 Å². The van der Waals surface area contributed by atoms with Crippen molar-refractivity contribution in [2.24, 2.45) is 5.41 Å². The Hall–Kier alpha value is -0.617. The van der Waals surface area contributed by atoms with E-state index >= 15 is 0 Å². The maximum Gasteiger partial charge on any atom is -1.00 e. The van der Waals surface area contributed by atoms with Gasteiger partial charge >= 0.3 is 209 Å². The molecule has 182 valence electrons. The number of hydrogen-bond acceptors (Lipinski definition) is 0. The first kappa shape index (κ1) is 29.6. The number of allylic oxidation sites excluding steroid dienone is 4. The monoisotopic (exact) mass is 572 g/mol. The van der Waals surface area contributed by atoms with Crippen LogP contribution in [0.1, 0.15) is 97.9 Å². The summed E-state index contributed by atoms with van der Waals surface area (Å²) in [6.07, 6.45) is 4.82. The molecule has 2 aliphatic carbocycles. The summed E-state index contributed by atoms with van der Waals surface area (Å²) >= 11 is -0.887. The van der Waals surface area contributed by atoms with Crippen LogP contribution in [0.15, 0.2) is 50.8 Å². The zero-order chi connectivity index (χ0) is 23.6. The van der Waals surface area contributed by atoms with Crippen LogP contribution in [0.5, 0.6) is 0 Å². The van der Waals surface area contributed by atoms with Crippen LogP contribution < -0.4 is 28.1 Å². The van der Waals surface area contributed by atoms with Gasteiger partial charge in [0.15, 0.2) is 0 Å². The molecule has 3 heteroatoms. The smallest absolute Gasteiger partial charge is 1.00 e. The molecule has 0 fully saturated rings. The molecule has 2 aliphatic rings. The molecular formula is C31H40Cl2Zr. The van der Waals surface area contributed by atoms with Crippen molar-refractivity contribution in [1.29, 1.82) is 0 Å². The van der Waals surface area contributed by atoms with Gasteiger partial charge in [-0.25, -0.2) is 0 Å². The van der Waals surface area contributed by atoms with Gasteiger partial charge in [-0.3, -0.25) is 0 Å². The third kappa shape index (κ3) is 5.69. The summed E-state index contributed by atoms with van der Waals surface area (Å²) in [5, 5.41) is 0. The van der Waals surface area contributed by atoms with Gasteiger partial charge in [-0.1, -0.05) is 0 Å². The second-order valence-electron chi connectivity index (χ2n) is 12.9. The first-order valence-electron chi connectivity index (χ1n) is 12.1. The largest absolute Gasteiger partial charge is 1.00 e. The quantitative estimate of drug-likeness (QED) is 0.441. The minimum Gasteiger partial charge on any atom is -1.00 e. The molecule has 0 nitrogen and oxygen atoms in total. The molecule has 4 rings (SSSR count). The van der Waals surface area contributed by atoms with Gasteiger partial charge in [0.25, 0.3) is 0 Å². The molecule has 0 saturated heterocycles. The molecule has 0 saturated carbocycles. The SMILES string of the molecule is CC1=[C]([Zr+2][c]2c(C(C)(C)C)ccc3c2Cc2cc(C(C)(C)C)ccc2-3)CC(C(C)(C)C)=C1.[Cl-].[Cl-]. The molecule has 0 aliphatic heterocycles. The fourth-order valence-electron chi connectivity index (χ4n) is 5.02. The number of hydrogen-bond donors (Lipinski definition) is 0. The van der Waals surface area contributed by atoms with Gasteiger partial charge in [0.05, 0.1) is 0 Å². The van der Waals surface area contributed by atoms with Crippen molar-refractivity contribution in [3.63, 3.8) is 0 Å². The maximum atomic E-state index is 2.50. The second-order valence-corrected chi connectivity index (χ2v) is 16.3. The number of halogens is 2. The van der Waals surface area contributed by atoms with Crippen LogP contribution >= 0.6 is 0 Å². The van der Waals surface area contributed by atoms with Gasteiger partial charge in [0, 0.05) is 0 Å². The van der Waals surface area contributed by atoms with E-state index in [0.29, 0.717) is 0 Å². The molecule has 0 bridgehead atoms. The van der Waals surface area contributed by atoms with E-state index in [-0.39, 0.29) is 41.1 Å². The third-order valence-electron chi connectivity index (χ3n) is 7.22. The van der Waals surface area contributed by atoms with Gasteiger partial charge in [-0.05, 0) is 0 Å². The summed E-state index contributed by atoms with van der Waals surface area (Å²) in [4.78, 5) is 0. The van der Waals surface area contributed by atoms with Crippen LogP contribution in [-0.2, 0) is 40.5 Å². The fourth-order valence-corrected chi connectivity index (χ4v) is 9.48. The number of benzene rings is 2. The van der Waals surface area contributed by atoms with E-state index in [1.54, 1.807) is 28.8 Å². The van der Waals surface area contributed by atoms with Crippen LogP contribution in [0.3, 0.4) is 0 Å². The van der Waals surface area contributed by atoms with Crippen molar-refractivity contribution in [2.75, 3.05) is 0 Å². The molecule has 2 aromatic carbocycles. The Balaban J connectivity index is 0.00000204. The molecular weight excluding hydrogens is 534 g/mol. The Kier molecular flexibility index (Phi) is 8.74. The molecule has 0 aromatic heterocycles. The zero-order valence-corrected chi connectivity index (χ0v) is 26.6. The minimum atomic E-state index is -0.887. The molecule has 0 spiro atoms. The van der Waals surface area contributed by atoms with Crippen LogP contribution in [0, 0.1) is 5.41 Å². The van der Waals surface area contributed by atoms with Crippen LogP contribution in [0.4, 0.5) is 0 Å². The van der Waals surface area contributed by atoms with Crippen molar-refractivity contribution in [3.8, 4) is 11.1 Å². The van der Waals surface area contributed by atoms with E-state index in [9.17, 15) is 0 Å². The summed E-state index contributed by atoms with van der Waals surface area (Å²) in [5.41, 5.74) is 13.0. The molecule has 0 heterocycles. The van der Waals surface area contributed by atoms with E-state index < -0.39 is 23.2 Å². The van der Waals surface area contributed by atoms with Crippen molar-refractivity contribution < 1.29 is 48.0 Å². The summed E-state index contributed by atoms with van der Waals surface area (Å²) in [6.45, 7) is 23.6. The van der Waals surface area contributed by atoms with E-state index in [0.717, 1.165) is 6.42 Å². The standard InChI is InChI=1S/C21H25.C10H15.2ClH.Zr/c1-20(2,3)16-7-9-18-14(12-16)11-15-13-17(21(4,5)6)8-10-19(15)18;1-8-5-6-9(7-8)10(2,3)4;;;/h7-10,12H,11H2,1-6H3;7H,6H2,1-4H3;2*1H;/q;;;;+2/p-2. The topological polar surface area (TPSA) is 0 Å². The van der Waals surface area contributed by atoms with Crippen LogP contribution in [-0.4, -0.2) is 0 Å². The predicted octanol–water partition coefficient (Wildman–Crippen LogP) is 2.22. The van der Waals surface area contributed by atoms with Gasteiger partial charge < -0.3 is 24.8 Å². The predicted molar refractivity (Wildman–Crippen MR) is 137 cm³/mol. The molecule has 0 N–H and O–H groups in total. The average molecular weight is 575 g/mol. The third-order valence-corrected chi connectivity index (χ3v) is 11.4. The Morgan fingerprint density at radius 1 is 0.706 bits per heavy atom. The average Bonchev–Trinajstić information content (AvgIpc) is 3.20. The van der Waals surface area contributed by atoms with Crippen molar-refractivity contribution in [3.05, 3.63) is 73.1 Å². The molecule has 34 heavy (non-hydrogen) atoms.